The fraction of sp³-hybridized carbons (Fsp3) is 0.500. The van der Waals surface area contributed by atoms with E-state index in [2.05, 4.69) is 9.62 Å². The molecule has 2 fully saturated rings. The number of ether oxygens (including phenoxy) is 3. The molecule has 10 nitrogen and oxygen atoms in total. The van der Waals surface area contributed by atoms with Crippen LogP contribution in [0.3, 0.4) is 0 Å². The van der Waals surface area contributed by atoms with E-state index in [0.717, 1.165) is 27.6 Å². The van der Waals surface area contributed by atoms with Gasteiger partial charge in [-0.2, -0.15) is 0 Å². The summed E-state index contributed by atoms with van der Waals surface area (Å²) in [5, 5.41) is 0.599. The Bertz CT molecular complexity index is 1620. The number of aromatic nitrogens is 1. The summed E-state index contributed by atoms with van der Waals surface area (Å²) in [5.41, 5.74) is 3.35. The van der Waals surface area contributed by atoms with Crippen LogP contribution >= 0.6 is 0 Å². The van der Waals surface area contributed by atoms with Crippen molar-refractivity contribution in [2.75, 3.05) is 20.8 Å². The van der Waals surface area contributed by atoms with Gasteiger partial charge in [-0.15, -0.1) is 0 Å². The molecule has 0 spiro atoms. The lowest BCUT2D eigenvalue weighted by Crippen LogP contribution is -2.46. The number of hydrogen-bond acceptors (Lipinski definition) is 8. The van der Waals surface area contributed by atoms with Gasteiger partial charge in [0.15, 0.2) is 0 Å². The van der Waals surface area contributed by atoms with Crippen LogP contribution in [0.25, 0.3) is 10.9 Å². The molecule has 232 valence electrons. The topological polar surface area (TPSA) is 116 Å². The molecule has 2 aromatic carbocycles. The predicted octanol–water partition coefficient (Wildman–Crippen LogP) is 5.32. The Kier molecular flexibility index (Phi) is 8.61. The van der Waals surface area contributed by atoms with Crippen molar-refractivity contribution in [3.63, 3.8) is 0 Å². The van der Waals surface area contributed by atoms with Gasteiger partial charge in [0.05, 0.1) is 30.5 Å². The number of piperidine rings is 1. The maximum Gasteiger partial charge on any atom is 0.419 e. The van der Waals surface area contributed by atoms with Crippen molar-refractivity contribution >= 4 is 33.0 Å². The molecule has 1 aliphatic heterocycles. The Balaban J connectivity index is 1.50. The zero-order valence-electron chi connectivity index (χ0n) is 25.7. The number of hydrogen-bond donors (Lipinski definition) is 1. The summed E-state index contributed by atoms with van der Waals surface area (Å²) < 4.78 is 46.5. The molecule has 1 aliphatic carbocycles. The lowest BCUT2D eigenvalue weighted by molar-refractivity contribution is 0.0542. The third kappa shape index (κ3) is 6.73. The molecule has 2 aliphatic rings. The van der Waals surface area contributed by atoms with E-state index in [4.69, 9.17) is 14.2 Å². The lowest BCUT2D eigenvalue weighted by atomic mass is 9.90. The van der Waals surface area contributed by atoms with Gasteiger partial charge >= 0.3 is 12.1 Å². The van der Waals surface area contributed by atoms with Crippen molar-refractivity contribution in [1.29, 1.82) is 0 Å². The number of rotatable bonds is 8. The summed E-state index contributed by atoms with van der Waals surface area (Å²) in [5.74, 6) is 0.298. The van der Waals surface area contributed by atoms with Crippen molar-refractivity contribution in [1.82, 2.24) is 14.2 Å². The highest BCUT2D eigenvalue weighted by Gasteiger charge is 2.39. The second-order valence-corrected chi connectivity index (χ2v) is 14.5. The number of methoxy groups -OCH3 is 2. The normalized spacial score (nSPS) is 19.8. The lowest BCUT2D eigenvalue weighted by Gasteiger charge is -2.40. The van der Waals surface area contributed by atoms with E-state index in [-0.39, 0.29) is 17.3 Å². The molecule has 11 heteroatoms. The van der Waals surface area contributed by atoms with Crippen LogP contribution in [0.5, 0.6) is 5.75 Å². The Labute approximate surface area is 253 Å². The Morgan fingerprint density at radius 3 is 2.35 bits per heavy atom. The van der Waals surface area contributed by atoms with Crippen molar-refractivity contribution in [2.45, 2.75) is 82.9 Å². The number of benzene rings is 2. The molecule has 0 bridgehead atoms. The number of nitrogens with zero attached hydrogens (tertiary/aromatic N) is 2. The minimum absolute atomic E-state index is 0.138. The van der Waals surface area contributed by atoms with E-state index in [1.54, 1.807) is 30.0 Å². The molecule has 0 unspecified atom stereocenters. The highest BCUT2D eigenvalue weighted by molar-refractivity contribution is 7.90. The smallest absolute Gasteiger partial charge is 0.419 e. The highest BCUT2D eigenvalue weighted by Crippen LogP contribution is 2.39. The molecule has 2 heterocycles. The number of esters is 1. The van der Waals surface area contributed by atoms with E-state index in [1.165, 1.54) is 7.11 Å². The average molecular weight is 612 g/mol. The van der Waals surface area contributed by atoms with Gasteiger partial charge in [0, 0.05) is 42.3 Å². The van der Waals surface area contributed by atoms with Gasteiger partial charge in [-0.3, -0.25) is 9.47 Å². The van der Waals surface area contributed by atoms with Crippen molar-refractivity contribution < 1.29 is 32.2 Å². The molecule has 43 heavy (non-hydrogen) atoms. The molecule has 3 aromatic rings. The second kappa shape index (κ2) is 11.9. The van der Waals surface area contributed by atoms with E-state index in [1.807, 2.05) is 52.0 Å². The van der Waals surface area contributed by atoms with E-state index in [9.17, 15) is 18.0 Å². The van der Waals surface area contributed by atoms with Crippen molar-refractivity contribution in [3.8, 4) is 5.75 Å². The first-order chi connectivity index (χ1) is 20.3. The zero-order chi connectivity index (χ0) is 31.1. The van der Waals surface area contributed by atoms with Gasteiger partial charge in [0.2, 0.25) is 10.0 Å². The number of likely N-dealkylation sites (tertiary alicyclic amines) is 1. The molecular formula is C32H41N3O7S. The SMILES string of the molecule is COC(=O)c1ccc([C@@H]2C[C@@H](NS(=O)(=O)C3CC3)CCN2Cc2c(OC)cc(C)c3c2ccn3C(=O)OC(C)(C)C)cc1. The third-order valence-electron chi connectivity index (χ3n) is 8.13. The number of sulfonamides is 1. The first-order valence-electron chi connectivity index (χ1n) is 14.7. The van der Waals surface area contributed by atoms with Crippen LogP contribution in [0, 0.1) is 6.92 Å². The van der Waals surface area contributed by atoms with Crippen LogP contribution in [0.4, 0.5) is 4.79 Å². The molecule has 1 saturated carbocycles. The van der Waals surface area contributed by atoms with Crippen LogP contribution < -0.4 is 9.46 Å². The molecule has 1 N–H and O–H groups in total. The first-order valence-corrected chi connectivity index (χ1v) is 16.2. The number of carbonyl (C=O) groups is 2. The number of fused-ring (bicyclic) bond motifs is 1. The standard InChI is InChI=1S/C32H41N3O7S/c1-20-17-28(40-5)26(25-14-16-35(29(20)25)31(37)42-32(2,3)4)19-34-15-13-23(33-43(38,39)24-11-12-24)18-27(34)21-7-9-22(10-8-21)30(36)41-6/h7-10,14,16-17,23-24,27,33H,11-13,15,18-19H2,1-6H3/t23-,27-/m0/s1. The maximum atomic E-state index is 13.1. The molecule has 0 amide bonds. The fourth-order valence-corrected chi connectivity index (χ4v) is 7.53. The molecule has 1 saturated heterocycles. The number of nitrogens with one attached hydrogen (secondary N) is 1. The second-order valence-electron chi connectivity index (χ2n) is 12.5. The Morgan fingerprint density at radius 1 is 1.05 bits per heavy atom. The summed E-state index contributed by atoms with van der Waals surface area (Å²) in [6, 6.07) is 10.8. The van der Waals surface area contributed by atoms with Gasteiger partial charge in [0.1, 0.15) is 11.4 Å². The van der Waals surface area contributed by atoms with Crippen LogP contribution in [0.15, 0.2) is 42.6 Å². The van der Waals surface area contributed by atoms with Crippen molar-refractivity contribution in [2.24, 2.45) is 0 Å². The van der Waals surface area contributed by atoms with Crippen LogP contribution in [-0.2, 0) is 26.0 Å². The largest absolute Gasteiger partial charge is 0.496 e. The highest BCUT2D eigenvalue weighted by atomic mass is 32.2. The predicted molar refractivity (Wildman–Crippen MR) is 164 cm³/mol. The summed E-state index contributed by atoms with van der Waals surface area (Å²) in [6.07, 6.45) is 3.92. The van der Waals surface area contributed by atoms with E-state index >= 15 is 0 Å². The monoisotopic (exact) mass is 611 g/mol. The molecule has 5 rings (SSSR count). The minimum Gasteiger partial charge on any atom is -0.496 e. The maximum absolute atomic E-state index is 13.1. The van der Waals surface area contributed by atoms with Crippen molar-refractivity contribution in [3.05, 3.63) is 64.8 Å². The minimum atomic E-state index is -3.35. The average Bonchev–Trinajstić information content (AvgIpc) is 3.73. The van der Waals surface area contributed by atoms with Crippen LogP contribution in [-0.4, -0.2) is 67.6 Å². The zero-order valence-corrected chi connectivity index (χ0v) is 26.5. The van der Waals surface area contributed by atoms with E-state index < -0.39 is 27.7 Å². The quantitative estimate of drug-likeness (QED) is 0.341. The molecular weight excluding hydrogens is 570 g/mol. The number of aryl methyl sites for hydroxylation is 1. The summed E-state index contributed by atoms with van der Waals surface area (Å²) >= 11 is 0. The fourth-order valence-electron chi connectivity index (χ4n) is 5.90. The van der Waals surface area contributed by atoms with Gasteiger partial charge in [-0.05, 0) is 88.8 Å². The third-order valence-corrected chi connectivity index (χ3v) is 10.1. The first kappa shape index (κ1) is 31.0. The molecule has 0 radical (unpaired) electrons. The Morgan fingerprint density at radius 2 is 1.74 bits per heavy atom. The van der Waals surface area contributed by atoms with Gasteiger partial charge < -0.3 is 14.2 Å². The van der Waals surface area contributed by atoms with Gasteiger partial charge in [0.25, 0.3) is 0 Å². The summed E-state index contributed by atoms with van der Waals surface area (Å²) in [7, 11) is -0.365. The van der Waals surface area contributed by atoms with Crippen LogP contribution in [0.1, 0.15) is 79.5 Å². The summed E-state index contributed by atoms with van der Waals surface area (Å²) in [6.45, 7) is 8.59. The van der Waals surface area contributed by atoms with Gasteiger partial charge in [-0.25, -0.2) is 22.7 Å². The number of carbonyl (C=O) groups excluding carboxylic acids is 2. The Hall–Kier alpha value is -3.41. The van der Waals surface area contributed by atoms with E-state index in [0.29, 0.717) is 50.1 Å². The van der Waals surface area contributed by atoms with Gasteiger partial charge in [-0.1, -0.05) is 12.1 Å². The summed E-state index contributed by atoms with van der Waals surface area (Å²) in [4.78, 5) is 27.5. The molecule has 2 atom stereocenters. The molecule has 1 aromatic heterocycles. The van der Waals surface area contributed by atoms with Crippen LogP contribution in [0.2, 0.25) is 0 Å².